The number of phenols is 1. The van der Waals surface area contributed by atoms with E-state index in [2.05, 4.69) is 0 Å². The summed E-state index contributed by atoms with van der Waals surface area (Å²) in [6, 6.07) is 7.64. The fourth-order valence-corrected chi connectivity index (χ4v) is 2.48. The van der Waals surface area contributed by atoms with Crippen LogP contribution in [0.15, 0.2) is 30.3 Å². The minimum Gasteiger partial charge on any atom is -0.504 e. The third kappa shape index (κ3) is 3.83. The van der Waals surface area contributed by atoms with Crippen LogP contribution < -0.4 is 18.9 Å². The summed E-state index contributed by atoms with van der Waals surface area (Å²) in [5.74, 6) is 0.170. The number of hydrogen-bond acceptors (Lipinski definition) is 6. The van der Waals surface area contributed by atoms with Crippen molar-refractivity contribution in [3.8, 4) is 28.7 Å². The van der Waals surface area contributed by atoms with Gasteiger partial charge in [-0.05, 0) is 41.5 Å². The van der Waals surface area contributed by atoms with Crippen molar-refractivity contribution in [1.82, 2.24) is 0 Å². The fraction of sp³-hybridized carbons (Fsp3) is 0.211. The summed E-state index contributed by atoms with van der Waals surface area (Å²) >= 11 is 0. The predicted octanol–water partition coefficient (Wildman–Crippen LogP) is 3.05. The number of carbonyl (C=O) groups is 1. The van der Waals surface area contributed by atoms with Crippen molar-refractivity contribution in [2.24, 2.45) is 0 Å². The number of aliphatic carboxylic acids is 1. The van der Waals surface area contributed by atoms with E-state index in [1.54, 1.807) is 18.2 Å². The number of hydrogen-bond donors (Lipinski definition) is 2. The molecule has 2 N–H and O–H groups in total. The maximum atomic E-state index is 11.7. The summed E-state index contributed by atoms with van der Waals surface area (Å²) in [6.07, 6.45) is 1.45. The summed E-state index contributed by atoms with van der Waals surface area (Å²) in [6.45, 7) is 0. The molecule has 0 bridgehead atoms. The zero-order valence-electron chi connectivity index (χ0n) is 14.9. The molecular weight excluding hydrogens is 340 g/mol. The van der Waals surface area contributed by atoms with Gasteiger partial charge in [-0.1, -0.05) is 6.07 Å². The van der Waals surface area contributed by atoms with Crippen molar-refractivity contribution in [1.29, 1.82) is 0 Å². The molecule has 2 rings (SSSR count). The SMILES string of the molecule is COc1ccc(/C(=C\c2cc(OC)c(OC)c(OC)c2)C(=O)O)cc1O. The highest BCUT2D eigenvalue weighted by Crippen LogP contribution is 2.39. The number of rotatable bonds is 7. The van der Waals surface area contributed by atoms with Crippen molar-refractivity contribution in [3.63, 3.8) is 0 Å². The largest absolute Gasteiger partial charge is 0.504 e. The maximum Gasteiger partial charge on any atom is 0.336 e. The molecule has 0 fully saturated rings. The normalized spacial score (nSPS) is 11.0. The van der Waals surface area contributed by atoms with Gasteiger partial charge in [-0.15, -0.1) is 0 Å². The van der Waals surface area contributed by atoms with E-state index >= 15 is 0 Å². The molecule has 0 radical (unpaired) electrons. The molecule has 0 aliphatic carbocycles. The Labute approximate surface area is 151 Å². The summed E-state index contributed by atoms with van der Waals surface area (Å²) in [5, 5.41) is 19.5. The van der Waals surface area contributed by atoms with Gasteiger partial charge >= 0.3 is 5.97 Å². The number of ether oxygens (including phenoxy) is 4. The molecule has 2 aromatic rings. The van der Waals surface area contributed by atoms with Gasteiger partial charge in [0.15, 0.2) is 23.0 Å². The molecule has 7 heteroatoms. The van der Waals surface area contributed by atoms with Gasteiger partial charge in [0.05, 0.1) is 34.0 Å². The van der Waals surface area contributed by atoms with Crippen LogP contribution in [0.5, 0.6) is 28.7 Å². The van der Waals surface area contributed by atoms with E-state index in [4.69, 9.17) is 18.9 Å². The summed E-state index contributed by atoms with van der Waals surface area (Å²) in [7, 11) is 5.85. The van der Waals surface area contributed by atoms with Crippen molar-refractivity contribution in [2.75, 3.05) is 28.4 Å². The molecule has 0 saturated carbocycles. The van der Waals surface area contributed by atoms with E-state index in [-0.39, 0.29) is 17.1 Å². The first-order valence-electron chi connectivity index (χ1n) is 7.57. The predicted molar refractivity (Wildman–Crippen MR) is 96.3 cm³/mol. The molecular formula is C19H20O7. The number of methoxy groups -OCH3 is 4. The van der Waals surface area contributed by atoms with Gasteiger partial charge in [0, 0.05) is 0 Å². The first kappa shape index (κ1) is 19.0. The second-order valence-corrected chi connectivity index (χ2v) is 5.21. The van der Waals surface area contributed by atoms with Crippen molar-refractivity contribution in [2.45, 2.75) is 0 Å². The van der Waals surface area contributed by atoms with E-state index in [9.17, 15) is 15.0 Å². The second-order valence-electron chi connectivity index (χ2n) is 5.21. The van der Waals surface area contributed by atoms with Crippen LogP contribution in [0.25, 0.3) is 11.6 Å². The molecule has 0 saturated heterocycles. The molecule has 0 aromatic heterocycles. The Hall–Kier alpha value is -3.35. The standard InChI is InChI=1S/C19H20O7/c1-23-15-6-5-12(10-14(15)20)13(19(21)22)7-11-8-16(24-2)18(26-4)17(9-11)25-3/h5-10,20H,1-4H3,(H,21,22)/b13-7+. The minimum atomic E-state index is -1.15. The molecule has 26 heavy (non-hydrogen) atoms. The lowest BCUT2D eigenvalue weighted by atomic mass is 10.0. The highest BCUT2D eigenvalue weighted by Gasteiger charge is 2.16. The first-order valence-corrected chi connectivity index (χ1v) is 7.57. The summed E-state index contributed by atoms with van der Waals surface area (Å²) < 4.78 is 20.8. The van der Waals surface area contributed by atoms with Crippen LogP contribution in [-0.2, 0) is 4.79 Å². The minimum absolute atomic E-state index is 0.0165. The molecule has 0 spiro atoms. The van der Waals surface area contributed by atoms with Crippen LogP contribution in [0.2, 0.25) is 0 Å². The Balaban J connectivity index is 2.59. The van der Waals surface area contributed by atoms with Crippen molar-refractivity contribution < 1.29 is 34.0 Å². The number of phenolic OH excluding ortho intramolecular Hbond substituents is 1. The average molecular weight is 360 g/mol. The van der Waals surface area contributed by atoms with E-state index in [1.165, 1.54) is 46.6 Å². The molecule has 0 amide bonds. The number of aromatic hydroxyl groups is 1. The Morgan fingerprint density at radius 2 is 1.46 bits per heavy atom. The fourth-order valence-electron chi connectivity index (χ4n) is 2.48. The van der Waals surface area contributed by atoms with Gasteiger partial charge in [0.2, 0.25) is 5.75 Å². The van der Waals surface area contributed by atoms with Crippen LogP contribution in [-0.4, -0.2) is 44.6 Å². The third-order valence-corrected chi connectivity index (χ3v) is 3.72. The molecule has 138 valence electrons. The summed E-state index contributed by atoms with van der Waals surface area (Å²) in [5.41, 5.74) is 0.842. The molecule has 7 nitrogen and oxygen atoms in total. The Morgan fingerprint density at radius 3 is 1.88 bits per heavy atom. The van der Waals surface area contributed by atoms with E-state index in [1.807, 2.05) is 0 Å². The van der Waals surface area contributed by atoms with Gasteiger partial charge in [0.25, 0.3) is 0 Å². The van der Waals surface area contributed by atoms with E-state index in [0.29, 0.717) is 28.4 Å². The highest BCUT2D eigenvalue weighted by molar-refractivity contribution is 6.20. The lowest BCUT2D eigenvalue weighted by molar-refractivity contribution is -0.130. The molecule has 0 aliphatic rings. The van der Waals surface area contributed by atoms with Crippen molar-refractivity contribution >= 4 is 17.6 Å². The first-order chi connectivity index (χ1) is 12.4. The molecule has 0 heterocycles. The maximum absolute atomic E-state index is 11.7. The Kier molecular flexibility index (Phi) is 5.95. The second kappa shape index (κ2) is 8.15. The van der Waals surface area contributed by atoms with Gasteiger partial charge in [0.1, 0.15) is 0 Å². The lowest BCUT2D eigenvalue weighted by Gasteiger charge is -2.13. The molecule has 2 aromatic carbocycles. The van der Waals surface area contributed by atoms with Crippen LogP contribution in [0.3, 0.4) is 0 Å². The zero-order valence-corrected chi connectivity index (χ0v) is 14.9. The molecule has 0 aliphatic heterocycles. The van der Waals surface area contributed by atoms with Gasteiger partial charge < -0.3 is 29.2 Å². The topological polar surface area (TPSA) is 94.5 Å². The Morgan fingerprint density at radius 1 is 0.885 bits per heavy atom. The number of carboxylic acids is 1. The van der Waals surface area contributed by atoms with Gasteiger partial charge in [-0.2, -0.15) is 0 Å². The van der Waals surface area contributed by atoms with Gasteiger partial charge in [-0.3, -0.25) is 0 Å². The van der Waals surface area contributed by atoms with Crippen LogP contribution >= 0.6 is 0 Å². The van der Waals surface area contributed by atoms with Crippen LogP contribution in [0.4, 0.5) is 0 Å². The van der Waals surface area contributed by atoms with Gasteiger partial charge in [-0.25, -0.2) is 4.79 Å². The van der Waals surface area contributed by atoms with E-state index < -0.39 is 5.97 Å². The quantitative estimate of drug-likeness (QED) is 0.579. The monoisotopic (exact) mass is 360 g/mol. The molecule has 0 unspecified atom stereocenters. The number of benzene rings is 2. The highest BCUT2D eigenvalue weighted by atomic mass is 16.5. The zero-order chi connectivity index (χ0) is 19.3. The Bertz CT molecular complexity index is 815. The third-order valence-electron chi connectivity index (χ3n) is 3.72. The smallest absolute Gasteiger partial charge is 0.336 e. The van der Waals surface area contributed by atoms with Crippen LogP contribution in [0.1, 0.15) is 11.1 Å². The summed E-state index contributed by atoms with van der Waals surface area (Å²) in [4.78, 5) is 11.7. The number of carboxylic acid groups (broad SMARTS) is 1. The van der Waals surface area contributed by atoms with Crippen LogP contribution in [0, 0.1) is 0 Å². The average Bonchev–Trinajstić information content (AvgIpc) is 2.64. The molecule has 0 atom stereocenters. The van der Waals surface area contributed by atoms with E-state index in [0.717, 1.165) is 0 Å². The lowest BCUT2D eigenvalue weighted by Crippen LogP contribution is -2.01. The van der Waals surface area contributed by atoms with Crippen molar-refractivity contribution in [3.05, 3.63) is 41.5 Å².